The zero-order chi connectivity index (χ0) is 19.8. The Bertz CT molecular complexity index is 1070. The van der Waals surface area contributed by atoms with Crippen LogP contribution in [0.4, 0.5) is 5.69 Å². The smallest absolute Gasteiger partial charge is 0.270 e. The van der Waals surface area contributed by atoms with Crippen molar-refractivity contribution in [3.05, 3.63) is 59.8 Å². The lowest BCUT2D eigenvalue weighted by molar-refractivity contribution is -0.118. The molecule has 0 saturated carbocycles. The topological polar surface area (TPSA) is 74.4 Å². The summed E-state index contributed by atoms with van der Waals surface area (Å²) in [6, 6.07) is 16.1. The van der Waals surface area contributed by atoms with Crippen molar-refractivity contribution < 1.29 is 14.3 Å². The Morgan fingerprint density at radius 2 is 1.90 bits per heavy atom. The van der Waals surface area contributed by atoms with E-state index >= 15 is 0 Å². The highest BCUT2D eigenvalue weighted by Gasteiger charge is 2.25. The van der Waals surface area contributed by atoms with E-state index in [2.05, 4.69) is 34.6 Å². The molecule has 2 N–H and O–H groups in total. The Labute approximate surface area is 168 Å². The summed E-state index contributed by atoms with van der Waals surface area (Å²) in [6.45, 7) is 1.58. The van der Waals surface area contributed by atoms with Gasteiger partial charge in [-0.2, -0.15) is 0 Å². The van der Waals surface area contributed by atoms with E-state index in [0.717, 1.165) is 43.3 Å². The predicted octanol–water partition coefficient (Wildman–Crippen LogP) is 3.59. The largest absolute Gasteiger partial charge is 0.482 e. The number of benzene rings is 2. The van der Waals surface area contributed by atoms with Gasteiger partial charge in [0.15, 0.2) is 6.61 Å². The van der Waals surface area contributed by atoms with Crippen LogP contribution in [0.3, 0.4) is 0 Å². The standard InChI is InChI=1S/C23H23N3O3/c27-22-14-29-21-13-18-17(11-19(21)25-22)12-20(24-18)23(28)26-8-6-16(7-9-26)10-15-4-2-1-3-5-15/h1-5,11-13,16,24H,6-10,14H2,(H,25,27). The van der Waals surface area contributed by atoms with Gasteiger partial charge in [-0.05, 0) is 42.9 Å². The van der Waals surface area contributed by atoms with Crippen LogP contribution in [-0.4, -0.2) is 41.4 Å². The maximum Gasteiger partial charge on any atom is 0.270 e. The number of anilines is 1. The second-order valence-electron chi connectivity index (χ2n) is 7.88. The molecule has 1 aromatic heterocycles. The molecule has 2 amide bonds. The first-order valence-corrected chi connectivity index (χ1v) is 10.1. The normalized spacial score (nSPS) is 17.0. The van der Waals surface area contributed by atoms with Crippen LogP contribution in [0.15, 0.2) is 48.5 Å². The number of rotatable bonds is 3. The van der Waals surface area contributed by atoms with Gasteiger partial charge >= 0.3 is 0 Å². The van der Waals surface area contributed by atoms with E-state index in [-0.39, 0.29) is 18.4 Å². The number of ether oxygens (including phenoxy) is 1. The van der Waals surface area contributed by atoms with Crippen LogP contribution in [0.2, 0.25) is 0 Å². The van der Waals surface area contributed by atoms with Gasteiger partial charge in [-0.1, -0.05) is 30.3 Å². The van der Waals surface area contributed by atoms with Crippen LogP contribution in [0.1, 0.15) is 28.9 Å². The van der Waals surface area contributed by atoms with Gasteiger partial charge in [0.05, 0.1) is 5.69 Å². The molecule has 0 bridgehead atoms. The molecule has 3 aromatic rings. The number of aromatic amines is 1. The number of nitrogens with one attached hydrogen (secondary N) is 2. The summed E-state index contributed by atoms with van der Waals surface area (Å²) >= 11 is 0. The van der Waals surface area contributed by atoms with Gasteiger partial charge in [-0.3, -0.25) is 9.59 Å². The molecule has 5 rings (SSSR count). The number of carbonyl (C=O) groups is 2. The fourth-order valence-electron chi connectivity index (χ4n) is 4.28. The quantitative estimate of drug-likeness (QED) is 0.719. The van der Waals surface area contributed by atoms with Crippen LogP contribution in [0.25, 0.3) is 10.9 Å². The fraction of sp³-hybridized carbons (Fsp3) is 0.304. The zero-order valence-corrected chi connectivity index (χ0v) is 16.1. The zero-order valence-electron chi connectivity index (χ0n) is 16.1. The molecule has 0 aliphatic carbocycles. The third-order valence-electron chi connectivity index (χ3n) is 5.85. The molecule has 1 fully saturated rings. The van der Waals surface area contributed by atoms with Crippen molar-refractivity contribution >= 4 is 28.4 Å². The lowest BCUT2D eigenvalue weighted by Crippen LogP contribution is -2.39. The Morgan fingerprint density at radius 3 is 2.69 bits per heavy atom. The molecule has 2 aliphatic rings. The molecule has 29 heavy (non-hydrogen) atoms. The molecule has 148 valence electrons. The lowest BCUT2D eigenvalue weighted by Gasteiger charge is -2.31. The van der Waals surface area contributed by atoms with Crippen molar-refractivity contribution in [3.63, 3.8) is 0 Å². The summed E-state index contributed by atoms with van der Waals surface area (Å²) < 4.78 is 5.46. The van der Waals surface area contributed by atoms with Gasteiger partial charge in [0.2, 0.25) is 0 Å². The Balaban J connectivity index is 1.27. The minimum atomic E-state index is -0.165. The third kappa shape index (κ3) is 3.58. The van der Waals surface area contributed by atoms with E-state index in [1.54, 1.807) is 0 Å². The number of piperidine rings is 1. The minimum absolute atomic E-state index is 0.0168. The van der Waals surface area contributed by atoms with E-state index < -0.39 is 0 Å². The Kier molecular flexibility index (Phi) is 4.46. The average Bonchev–Trinajstić information content (AvgIpc) is 3.15. The van der Waals surface area contributed by atoms with Gasteiger partial charge in [0, 0.05) is 30.1 Å². The van der Waals surface area contributed by atoms with Gasteiger partial charge in [-0.25, -0.2) is 0 Å². The number of amides is 2. The van der Waals surface area contributed by atoms with Gasteiger partial charge in [0.25, 0.3) is 11.8 Å². The molecule has 0 atom stereocenters. The summed E-state index contributed by atoms with van der Waals surface area (Å²) in [6.07, 6.45) is 3.12. The van der Waals surface area contributed by atoms with E-state index in [9.17, 15) is 9.59 Å². The highest BCUT2D eigenvalue weighted by atomic mass is 16.5. The monoisotopic (exact) mass is 389 g/mol. The first-order valence-electron chi connectivity index (χ1n) is 10.1. The molecule has 0 radical (unpaired) electrons. The molecule has 2 aromatic carbocycles. The summed E-state index contributed by atoms with van der Waals surface area (Å²) in [5.41, 5.74) is 3.43. The van der Waals surface area contributed by atoms with Gasteiger partial charge in [-0.15, -0.1) is 0 Å². The minimum Gasteiger partial charge on any atom is -0.482 e. The van der Waals surface area contributed by atoms with E-state index in [1.165, 1.54) is 5.56 Å². The van der Waals surface area contributed by atoms with Crippen LogP contribution in [0, 0.1) is 5.92 Å². The number of H-pyrrole nitrogens is 1. The molecular formula is C23H23N3O3. The maximum absolute atomic E-state index is 13.0. The fourth-order valence-corrected chi connectivity index (χ4v) is 4.28. The lowest BCUT2D eigenvalue weighted by atomic mass is 9.90. The van der Waals surface area contributed by atoms with Crippen molar-refractivity contribution in [2.45, 2.75) is 19.3 Å². The number of carbonyl (C=O) groups excluding carboxylic acids is 2. The first-order chi connectivity index (χ1) is 14.2. The molecular weight excluding hydrogens is 366 g/mol. The Morgan fingerprint density at radius 1 is 1.10 bits per heavy atom. The number of likely N-dealkylation sites (tertiary alicyclic amines) is 1. The molecule has 2 aliphatic heterocycles. The molecule has 6 nitrogen and oxygen atoms in total. The van der Waals surface area contributed by atoms with Crippen molar-refractivity contribution in [2.75, 3.05) is 25.0 Å². The van der Waals surface area contributed by atoms with Crippen molar-refractivity contribution in [3.8, 4) is 5.75 Å². The molecule has 3 heterocycles. The SMILES string of the molecule is O=C1COc2cc3[nH]c(C(=O)N4CCC(Cc5ccccc5)CC4)cc3cc2N1. The van der Waals surface area contributed by atoms with E-state index in [0.29, 0.717) is 23.0 Å². The average molecular weight is 389 g/mol. The van der Waals surface area contributed by atoms with Crippen LogP contribution >= 0.6 is 0 Å². The van der Waals surface area contributed by atoms with Crippen LogP contribution in [-0.2, 0) is 11.2 Å². The molecule has 1 saturated heterocycles. The van der Waals surface area contributed by atoms with Crippen LogP contribution < -0.4 is 10.1 Å². The van der Waals surface area contributed by atoms with Gasteiger partial charge < -0.3 is 19.9 Å². The third-order valence-corrected chi connectivity index (χ3v) is 5.85. The van der Waals surface area contributed by atoms with Gasteiger partial charge in [0.1, 0.15) is 11.4 Å². The number of aromatic nitrogens is 1. The molecule has 6 heteroatoms. The summed E-state index contributed by atoms with van der Waals surface area (Å²) in [5, 5.41) is 3.69. The number of hydrogen-bond acceptors (Lipinski definition) is 3. The van der Waals surface area contributed by atoms with Crippen molar-refractivity contribution in [2.24, 2.45) is 5.92 Å². The second kappa shape index (κ2) is 7.28. The summed E-state index contributed by atoms with van der Waals surface area (Å²) in [4.78, 5) is 29.7. The van der Waals surface area contributed by atoms with Crippen LogP contribution in [0.5, 0.6) is 5.75 Å². The van der Waals surface area contributed by atoms with E-state index in [4.69, 9.17) is 4.74 Å². The summed E-state index contributed by atoms with van der Waals surface area (Å²) in [5.74, 6) is 1.11. The van der Waals surface area contributed by atoms with Crippen molar-refractivity contribution in [1.29, 1.82) is 0 Å². The molecule has 0 spiro atoms. The number of fused-ring (bicyclic) bond motifs is 2. The summed E-state index contributed by atoms with van der Waals surface area (Å²) in [7, 11) is 0. The highest BCUT2D eigenvalue weighted by Crippen LogP contribution is 2.33. The number of nitrogens with zero attached hydrogens (tertiary/aromatic N) is 1. The Hall–Kier alpha value is -3.28. The van der Waals surface area contributed by atoms with E-state index in [1.807, 2.05) is 29.2 Å². The van der Waals surface area contributed by atoms with Crippen molar-refractivity contribution in [1.82, 2.24) is 9.88 Å². The molecule has 0 unspecified atom stereocenters. The second-order valence-corrected chi connectivity index (χ2v) is 7.88. The predicted molar refractivity (Wildman–Crippen MR) is 111 cm³/mol. The number of hydrogen-bond donors (Lipinski definition) is 2. The first kappa shape index (κ1) is 17.8. The maximum atomic E-state index is 13.0. The highest BCUT2D eigenvalue weighted by molar-refractivity contribution is 6.02.